The summed E-state index contributed by atoms with van der Waals surface area (Å²) >= 11 is 0. The summed E-state index contributed by atoms with van der Waals surface area (Å²) in [6, 6.07) is 14.7. The summed E-state index contributed by atoms with van der Waals surface area (Å²) in [5.41, 5.74) is 0.586. The molecule has 0 unspecified atom stereocenters. The van der Waals surface area contributed by atoms with Gasteiger partial charge in [-0.3, -0.25) is 0 Å². The van der Waals surface area contributed by atoms with E-state index < -0.39 is 11.9 Å². The molecule has 0 atom stereocenters. The third-order valence-corrected chi connectivity index (χ3v) is 5.56. The van der Waals surface area contributed by atoms with Crippen LogP contribution in [0.1, 0.15) is 112 Å². The second-order valence-electron chi connectivity index (χ2n) is 8.65. The minimum Gasteiger partial charge on any atom is -0.462 e. The van der Waals surface area contributed by atoms with Gasteiger partial charge in [0.05, 0.1) is 24.3 Å². The number of carbonyl (C=O) groups excluding carboxylic acids is 2. The molecule has 0 aliphatic carbocycles. The molecule has 0 heterocycles. The monoisotopic (exact) mass is 625 g/mol. The predicted molar refractivity (Wildman–Crippen MR) is 140 cm³/mol. The van der Waals surface area contributed by atoms with Crippen LogP contribution >= 0.6 is 0 Å². The summed E-state index contributed by atoms with van der Waals surface area (Å²) in [5.74, 6) is -1.07. The number of carbonyl (C=O) groups is 2. The smallest absolute Gasteiger partial charge is 0.339 e. The van der Waals surface area contributed by atoms with E-state index in [2.05, 4.69) is 13.8 Å². The van der Waals surface area contributed by atoms with Crippen molar-refractivity contribution in [1.29, 1.82) is 0 Å². The summed E-state index contributed by atoms with van der Waals surface area (Å²) in [5, 5.41) is 0. The molecule has 0 spiro atoms. The minimum absolute atomic E-state index is 0. The van der Waals surface area contributed by atoms with E-state index in [1.165, 1.54) is 63.5 Å². The number of ether oxygens (including phenoxy) is 2. The molecule has 0 fully saturated rings. The Morgan fingerprint density at radius 2 is 0.944 bits per heavy atom. The predicted octanol–water partition coefficient (Wildman–Crippen LogP) is 8.55. The van der Waals surface area contributed by atoms with Crippen molar-refractivity contribution in [2.45, 2.75) is 90.9 Å². The first-order valence-electron chi connectivity index (χ1n) is 13.2. The maximum absolute atomic E-state index is 12.4. The molecule has 0 saturated heterocycles. The largest absolute Gasteiger partial charge is 0.462 e. The maximum Gasteiger partial charge on any atom is 0.339 e. The Hall–Kier alpha value is -1.50. The van der Waals surface area contributed by atoms with Crippen molar-refractivity contribution >= 4 is 11.9 Å². The van der Waals surface area contributed by atoms with Crippen molar-refractivity contribution in [1.82, 2.24) is 0 Å². The van der Waals surface area contributed by atoms with E-state index in [1.807, 2.05) is 0 Å². The molecule has 2 aromatic rings. The van der Waals surface area contributed by atoms with E-state index in [0.717, 1.165) is 25.7 Å². The van der Waals surface area contributed by atoms with Gasteiger partial charge in [0.2, 0.25) is 0 Å². The second-order valence-corrected chi connectivity index (χ2v) is 8.65. The molecule has 6 heteroatoms. The van der Waals surface area contributed by atoms with Gasteiger partial charge in [0.25, 0.3) is 0 Å². The molecule has 0 aliphatic rings. The van der Waals surface area contributed by atoms with E-state index in [1.54, 1.807) is 42.5 Å². The number of hydrogen-bond donors (Lipinski definition) is 0. The topological polar surface area (TPSA) is 52.6 Å². The summed E-state index contributed by atoms with van der Waals surface area (Å²) in [7, 11) is 0. The van der Waals surface area contributed by atoms with Crippen molar-refractivity contribution in [3.8, 4) is 0 Å². The molecule has 2 aromatic carbocycles. The van der Waals surface area contributed by atoms with Gasteiger partial charge in [-0.15, -0.1) is 0 Å². The number of esters is 2. The van der Waals surface area contributed by atoms with Crippen molar-refractivity contribution in [2.24, 2.45) is 0 Å². The molecular weight excluding hydrogens is 582 g/mol. The van der Waals surface area contributed by atoms with Crippen LogP contribution in [0, 0.1) is 41.4 Å². The van der Waals surface area contributed by atoms with E-state index in [-0.39, 0.29) is 41.4 Å². The van der Waals surface area contributed by atoms with Crippen molar-refractivity contribution in [3.05, 3.63) is 71.5 Å². The zero-order chi connectivity index (χ0) is 25.6. The zero-order valence-corrected chi connectivity index (χ0v) is 25.8. The van der Waals surface area contributed by atoms with Crippen LogP contribution in [0.15, 0.2) is 54.6 Å². The molecule has 1 radical (unpaired) electrons. The van der Waals surface area contributed by atoms with Crippen molar-refractivity contribution in [3.63, 3.8) is 0 Å². The molecule has 36 heavy (non-hydrogen) atoms. The van der Waals surface area contributed by atoms with Crippen LogP contribution < -0.4 is 0 Å². The standard InChI is InChI=1S/C24H38O4.C6H5F.La/c1-3-5-7-9-11-15-19-27-23(25)21-17-13-14-18-22(21)24(26)28-20-16-12-10-8-6-4-2;7-6-4-2-1-3-5-6;/h13-14,17-18H,3-12,15-16,19-20H2,1-2H3;1-5H;. The van der Waals surface area contributed by atoms with Crippen LogP contribution in [0.4, 0.5) is 4.39 Å². The normalized spacial score (nSPS) is 9.97. The van der Waals surface area contributed by atoms with Crippen molar-refractivity contribution in [2.75, 3.05) is 13.2 Å². The molecule has 0 amide bonds. The minimum atomic E-state index is -0.444. The van der Waals surface area contributed by atoms with Crippen LogP contribution in [-0.2, 0) is 9.47 Å². The Morgan fingerprint density at radius 3 is 1.31 bits per heavy atom. The van der Waals surface area contributed by atoms with Gasteiger partial charge in [-0.25, -0.2) is 14.0 Å². The fourth-order valence-electron chi connectivity index (χ4n) is 3.50. The molecule has 0 aromatic heterocycles. The van der Waals surface area contributed by atoms with Crippen LogP contribution in [-0.4, -0.2) is 25.2 Å². The summed E-state index contributed by atoms with van der Waals surface area (Å²) in [6.45, 7) is 5.17. The van der Waals surface area contributed by atoms with Gasteiger partial charge in [-0.2, -0.15) is 0 Å². The van der Waals surface area contributed by atoms with Gasteiger partial charge in [0.15, 0.2) is 0 Å². The summed E-state index contributed by atoms with van der Waals surface area (Å²) in [6.07, 6.45) is 13.6. The van der Waals surface area contributed by atoms with Gasteiger partial charge in [0.1, 0.15) is 5.82 Å². The first-order valence-corrected chi connectivity index (χ1v) is 13.2. The third-order valence-electron chi connectivity index (χ3n) is 5.56. The Bertz CT molecular complexity index is 765. The van der Waals surface area contributed by atoms with Gasteiger partial charge < -0.3 is 9.47 Å². The maximum atomic E-state index is 12.4. The van der Waals surface area contributed by atoms with E-state index in [0.29, 0.717) is 24.3 Å². The van der Waals surface area contributed by atoms with E-state index in [9.17, 15) is 14.0 Å². The Balaban J connectivity index is 0.00000131. The SMILES string of the molecule is CCCCCCCCOC(=O)c1ccccc1C(=O)OCCCCCCCC.Fc1ccccc1.[La]. The number of benzene rings is 2. The molecular formula is C30H43FLaO4. The quantitative estimate of drug-likeness (QED) is 0.139. The average molecular weight is 626 g/mol. The number of hydrogen-bond acceptors (Lipinski definition) is 4. The van der Waals surface area contributed by atoms with E-state index in [4.69, 9.17) is 9.47 Å². The van der Waals surface area contributed by atoms with Crippen LogP contribution in [0.2, 0.25) is 0 Å². The third kappa shape index (κ3) is 17.0. The number of rotatable bonds is 16. The van der Waals surface area contributed by atoms with Gasteiger partial charge in [0, 0.05) is 35.6 Å². The molecule has 2 rings (SSSR count). The molecule has 0 bridgehead atoms. The van der Waals surface area contributed by atoms with Crippen LogP contribution in [0.25, 0.3) is 0 Å². The fourth-order valence-corrected chi connectivity index (χ4v) is 3.50. The average Bonchev–Trinajstić information content (AvgIpc) is 2.88. The van der Waals surface area contributed by atoms with Gasteiger partial charge >= 0.3 is 11.9 Å². The Morgan fingerprint density at radius 1 is 0.583 bits per heavy atom. The zero-order valence-electron chi connectivity index (χ0n) is 22.2. The number of unbranched alkanes of at least 4 members (excludes halogenated alkanes) is 10. The summed E-state index contributed by atoms with van der Waals surface area (Å²) < 4.78 is 22.6. The fraction of sp³-hybridized carbons (Fsp3) is 0.533. The van der Waals surface area contributed by atoms with Crippen LogP contribution in [0.5, 0.6) is 0 Å². The molecule has 4 nitrogen and oxygen atoms in total. The van der Waals surface area contributed by atoms with E-state index >= 15 is 0 Å². The molecule has 0 saturated carbocycles. The first-order chi connectivity index (χ1) is 17.1. The first kappa shape index (κ1) is 34.5. The Labute approximate surface area is 245 Å². The second kappa shape index (κ2) is 23.9. The number of halogens is 1. The summed E-state index contributed by atoms with van der Waals surface area (Å²) in [4.78, 5) is 24.7. The Kier molecular flexibility index (Phi) is 22.9. The molecule has 0 aliphatic heterocycles. The van der Waals surface area contributed by atoms with Gasteiger partial charge in [-0.1, -0.05) is 108 Å². The van der Waals surface area contributed by atoms with Crippen LogP contribution in [0.3, 0.4) is 0 Å². The molecule has 197 valence electrons. The molecule has 0 N–H and O–H groups in total. The van der Waals surface area contributed by atoms with Gasteiger partial charge in [-0.05, 0) is 37.1 Å². The van der Waals surface area contributed by atoms with Crippen molar-refractivity contribution < 1.29 is 59.1 Å².